The Balaban J connectivity index is 2.60. The Morgan fingerprint density at radius 3 is 2.53 bits per heavy atom. The fourth-order valence-electron chi connectivity index (χ4n) is 1.91. The summed E-state index contributed by atoms with van der Waals surface area (Å²) < 4.78 is 0. The van der Waals surface area contributed by atoms with Gasteiger partial charge in [-0.2, -0.15) is 0 Å². The van der Waals surface area contributed by atoms with Crippen LogP contribution in [0.5, 0.6) is 0 Å². The standard InChI is InChI=1S/C14H18ClNO3/c1-3-12(14(18)19)16(2)13(17)9-8-10-6-4-5-7-11(10)15/h4-7,12H,3,8-9H2,1-2H3,(H,18,19). The van der Waals surface area contributed by atoms with E-state index in [1.54, 1.807) is 13.0 Å². The number of nitrogens with zero attached hydrogens (tertiary/aromatic N) is 1. The number of rotatable bonds is 6. The van der Waals surface area contributed by atoms with Crippen molar-refractivity contribution in [3.8, 4) is 0 Å². The summed E-state index contributed by atoms with van der Waals surface area (Å²) in [4.78, 5) is 24.2. The minimum absolute atomic E-state index is 0.186. The first-order chi connectivity index (χ1) is 8.97. The van der Waals surface area contributed by atoms with E-state index in [0.717, 1.165) is 5.56 Å². The van der Waals surface area contributed by atoms with Crippen LogP contribution < -0.4 is 0 Å². The first-order valence-electron chi connectivity index (χ1n) is 6.19. The molecular weight excluding hydrogens is 266 g/mol. The summed E-state index contributed by atoms with van der Waals surface area (Å²) in [5.74, 6) is -1.16. The molecule has 0 saturated carbocycles. The Labute approximate surface area is 118 Å². The van der Waals surface area contributed by atoms with E-state index in [9.17, 15) is 9.59 Å². The average molecular weight is 284 g/mol. The normalized spacial score (nSPS) is 11.9. The van der Waals surface area contributed by atoms with Gasteiger partial charge in [0.15, 0.2) is 0 Å². The highest BCUT2D eigenvalue weighted by molar-refractivity contribution is 6.31. The van der Waals surface area contributed by atoms with Crippen LogP contribution in [0.15, 0.2) is 24.3 Å². The first-order valence-corrected chi connectivity index (χ1v) is 6.57. The Kier molecular flexibility index (Phi) is 5.83. The molecule has 0 radical (unpaired) electrons. The highest BCUT2D eigenvalue weighted by Gasteiger charge is 2.24. The number of carbonyl (C=O) groups is 2. The van der Waals surface area contributed by atoms with Gasteiger partial charge in [0.05, 0.1) is 0 Å². The van der Waals surface area contributed by atoms with E-state index >= 15 is 0 Å². The summed E-state index contributed by atoms with van der Waals surface area (Å²) in [5, 5.41) is 9.63. The minimum atomic E-state index is -0.976. The molecule has 1 N–H and O–H groups in total. The van der Waals surface area contributed by atoms with Gasteiger partial charge in [-0.15, -0.1) is 0 Å². The van der Waals surface area contributed by atoms with Crippen molar-refractivity contribution in [3.63, 3.8) is 0 Å². The maximum atomic E-state index is 12.0. The number of hydrogen-bond acceptors (Lipinski definition) is 2. The van der Waals surface area contributed by atoms with Gasteiger partial charge in [-0.05, 0) is 24.5 Å². The fourth-order valence-corrected chi connectivity index (χ4v) is 2.14. The summed E-state index contributed by atoms with van der Waals surface area (Å²) in [7, 11) is 1.53. The van der Waals surface area contributed by atoms with E-state index in [1.165, 1.54) is 11.9 Å². The molecule has 0 aliphatic rings. The lowest BCUT2D eigenvalue weighted by atomic mass is 10.1. The van der Waals surface area contributed by atoms with Crippen molar-refractivity contribution >= 4 is 23.5 Å². The van der Waals surface area contributed by atoms with E-state index in [0.29, 0.717) is 17.9 Å². The zero-order valence-electron chi connectivity index (χ0n) is 11.1. The van der Waals surface area contributed by atoms with Crippen LogP contribution in [0.3, 0.4) is 0 Å². The third-order valence-corrected chi connectivity index (χ3v) is 3.47. The van der Waals surface area contributed by atoms with Crippen LogP contribution in [0.2, 0.25) is 5.02 Å². The molecule has 1 amide bonds. The smallest absolute Gasteiger partial charge is 0.326 e. The fraction of sp³-hybridized carbons (Fsp3) is 0.429. The number of amides is 1. The van der Waals surface area contributed by atoms with Crippen molar-refractivity contribution in [1.29, 1.82) is 0 Å². The van der Waals surface area contributed by atoms with Crippen LogP contribution in [0.1, 0.15) is 25.3 Å². The van der Waals surface area contributed by atoms with Gasteiger partial charge in [-0.3, -0.25) is 4.79 Å². The van der Waals surface area contributed by atoms with E-state index in [1.807, 2.05) is 18.2 Å². The van der Waals surface area contributed by atoms with Gasteiger partial charge in [-0.1, -0.05) is 36.7 Å². The average Bonchev–Trinajstić information content (AvgIpc) is 2.37. The van der Waals surface area contributed by atoms with Crippen LogP contribution in [-0.4, -0.2) is 35.0 Å². The highest BCUT2D eigenvalue weighted by atomic mass is 35.5. The van der Waals surface area contributed by atoms with Crippen molar-refractivity contribution in [2.75, 3.05) is 7.05 Å². The van der Waals surface area contributed by atoms with Gasteiger partial charge in [0.1, 0.15) is 6.04 Å². The molecule has 5 heteroatoms. The lowest BCUT2D eigenvalue weighted by molar-refractivity contribution is -0.149. The molecule has 0 aromatic heterocycles. The largest absolute Gasteiger partial charge is 0.480 e. The van der Waals surface area contributed by atoms with E-state index in [4.69, 9.17) is 16.7 Å². The molecule has 1 aromatic carbocycles. The van der Waals surface area contributed by atoms with E-state index in [2.05, 4.69) is 0 Å². The van der Waals surface area contributed by atoms with Crippen LogP contribution in [0, 0.1) is 0 Å². The lowest BCUT2D eigenvalue weighted by Crippen LogP contribution is -2.42. The molecule has 1 atom stereocenters. The van der Waals surface area contributed by atoms with Gasteiger partial charge >= 0.3 is 5.97 Å². The third kappa shape index (κ3) is 4.24. The molecule has 1 unspecified atom stereocenters. The summed E-state index contributed by atoms with van der Waals surface area (Å²) in [6.45, 7) is 1.75. The molecular formula is C14H18ClNO3. The van der Waals surface area contributed by atoms with Gasteiger partial charge in [0, 0.05) is 18.5 Å². The summed E-state index contributed by atoms with van der Waals surface area (Å²) >= 11 is 6.01. The number of likely N-dealkylation sites (N-methyl/N-ethyl adjacent to an activating group) is 1. The van der Waals surface area contributed by atoms with Crippen LogP contribution in [0.4, 0.5) is 0 Å². The van der Waals surface area contributed by atoms with Gasteiger partial charge in [-0.25, -0.2) is 4.79 Å². The maximum absolute atomic E-state index is 12.0. The zero-order chi connectivity index (χ0) is 14.4. The van der Waals surface area contributed by atoms with Crippen LogP contribution >= 0.6 is 11.6 Å². The van der Waals surface area contributed by atoms with Crippen LogP contribution in [0.25, 0.3) is 0 Å². The highest BCUT2D eigenvalue weighted by Crippen LogP contribution is 2.17. The van der Waals surface area contributed by atoms with E-state index in [-0.39, 0.29) is 12.3 Å². The van der Waals surface area contributed by atoms with Crippen molar-refractivity contribution in [2.24, 2.45) is 0 Å². The predicted molar refractivity (Wildman–Crippen MR) is 74.3 cm³/mol. The van der Waals surface area contributed by atoms with Crippen molar-refractivity contribution in [1.82, 2.24) is 4.90 Å². The molecule has 0 fully saturated rings. The number of aryl methyl sites for hydroxylation is 1. The van der Waals surface area contributed by atoms with Gasteiger partial charge in [0.2, 0.25) is 5.91 Å². The van der Waals surface area contributed by atoms with Crippen LogP contribution in [-0.2, 0) is 16.0 Å². The second kappa shape index (κ2) is 7.14. The SMILES string of the molecule is CCC(C(=O)O)N(C)C(=O)CCc1ccccc1Cl. The second-order valence-corrected chi connectivity index (χ2v) is 4.77. The van der Waals surface area contributed by atoms with Crippen molar-refractivity contribution in [2.45, 2.75) is 32.2 Å². The summed E-state index contributed by atoms with van der Waals surface area (Å²) in [5.41, 5.74) is 0.897. The number of hydrogen-bond donors (Lipinski definition) is 1. The predicted octanol–water partition coefficient (Wildman–Crippen LogP) is 2.59. The summed E-state index contributed by atoms with van der Waals surface area (Å²) in [6, 6.07) is 6.57. The molecule has 1 rings (SSSR count). The Morgan fingerprint density at radius 2 is 2.00 bits per heavy atom. The summed E-state index contributed by atoms with van der Waals surface area (Å²) in [6.07, 6.45) is 1.16. The number of aliphatic carboxylic acids is 1. The number of halogens is 1. The maximum Gasteiger partial charge on any atom is 0.326 e. The third-order valence-electron chi connectivity index (χ3n) is 3.10. The van der Waals surface area contributed by atoms with Gasteiger partial charge in [0.25, 0.3) is 0 Å². The molecule has 0 aliphatic carbocycles. The van der Waals surface area contributed by atoms with Gasteiger partial charge < -0.3 is 10.0 Å². The second-order valence-electron chi connectivity index (χ2n) is 4.36. The number of carboxylic acids is 1. The molecule has 0 aliphatic heterocycles. The molecule has 0 heterocycles. The van der Waals surface area contributed by atoms with E-state index < -0.39 is 12.0 Å². The lowest BCUT2D eigenvalue weighted by Gasteiger charge is -2.23. The molecule has 1 aromatic rings. The molecule has 0 bridgehead atoms. The molecule has 0 spiro atoms. The Morgan fingerprint density at radius 1 is 1.37 bits per heavy atom. The topological polar surface area (TPSA) is 57.6 Å². The molecule has 4 nitrogen and oxygen atoms in total. The molecule has 104 valence electrons. The van der Waals surface area contributed by atoms with Crippen molar-refractivity contribution < 1.29 is 14.7 Å². The Bertz CT molecular complexity index is 462. The first kappa shape index (κ1) is 15.5. The monoisotopic (exact) mass is 283 g/mol. The molecule has 19 heavy (non-hydrogen) atoms. The number of carbonyl (C=O) groups excluding carboxylic acids is 1. The van der Waals surface area contributed by atoms with Crippen molar-refractivity contribution in [3.05, 3.63) is 34.9 Å². The number of carboxylic acid groups (broad SMARTS) is 1. The quantitative estimate of drug-likeness (QED) is 0.873. The Hall–Kier alpha value is -1.55. The number of benzene rings is 1. The minimum Gasteiger partial charge on any atom is -0.480 e. The zero-order valence-corrected chi connectivity index (χ0v) is 11.9. The molecule has 0 saturated heterocycles.